The van der Waals surface area contributed by atoms with Gasteiger partial charge in [0.1, 0.15) is 5.60 Å². The molecule has 2 aromatic rings. The number of likely N-dealkylation sites (N-methyl/N-ethyl adjacent to an activating group) is 1. The second-order valence-corrected chi connectivity index (χ2v) is 17.1. The molecule has 6 atom stereocenters. The fourth-order valence-electron chi connectivity index (χ4n) is 8.90. The lowest BCUT2D eigenvalue weighted by molar-refractivity contribution is -0.127. The van der Waals surface area contributed by atoms with Crippen LogP contribution in [0.3, 0.4) is 0 Å². The molecule has 282 valence electrons. The molecule has 0 spiro atoms. The van der Waals surface area contributed by atoms with Crippen LogP contribution in [-0.2, 0) is 22.4 Å². The Bertz CT molecular complexity index is 1670. The summed E-state index contributed by atoms with van der Waals surface area (Å²) in [7, 11) is 10.4. The number of allylic oxidation sites excluding steroid dienone is 3. The van der Waals surface area contributed by atoms with Gasteiger partial charge >= 0.3 is 0 Å². The van der Waals surface area contributed by atoms with E-state index in [-0.39, 0.29) is 34.4 Å². The number of aryl methyl sites for hydroxylation is 1. The lowest BCUT2D eigenvalue weighted by Crippen LogP contribution is -2.46. The zero-order valence-corrected chi connectivity index (χ0v) is 32.4. The van der Waals surface area contributed by atoms with Crippen LogP contribution in [0.4, 0.5) is 5.69 Å². The summed E-state index contributed by atoms with van der Waals surface area (Å²) in [6, 6.07) is 9.34. The molecule has 6 rings (SSSR count). The van der Waals surface area contributed by atoms with Crippen molar-refractivity contribution in [2.75, 3.05) is 52.7 Å². The topological polar surface area (TPSA) is 134 Å². The minimum atomic E-state index is -0.596. The molecule has 2 saturated carbocycles. The molecule has 0 radical (unpaired) electrons. The molecular weight excluding hydrogens is 697 g/mol. The fraction of sp³-hybridized carbons (Fsp3) is 0.550. The molecule has 52 heavy (non-hydrogen) atoms. The van der Waals surface area contributed by atoms with Gasteiger partial charge in [-0.1, -0.05) is 45.9 Å². The van der Waals surface area contributed by atoms with Crippen LogP contribution in [0.5, 0.6) is 23.0 Å². The molecule has 10 nitrogen and oxygen atoms in total. The highest BCUT2D eigenvalue weighted by Crippen LogP contribution is 2.59. The first-order valence-corrected chi connectivity index (χ1v) is 20.8. The highest BCUT2D eigenvalue weighted by molar-refractivity contribution is 8.77. The van der Waals surface area contributed by atoms with E-state index in [9.17, 15) is 15.0 Å². The van der Waals surface area contributed by atoms with Gasteiger partial charge in [-0.3, -0.25) is 9.79 Å². The van der Waals surface area contributed by atoms with Gasteiger partial charge in [-0.05, 0) is 124 Å². The number of benzene rings is 2. The van der Waals surface area contributed by atoms with Crippen LogP contribution >= 0.6 is 21.6 Å². The molecule has 1 aliphatic heterocycles. The van der Waals surface area contributed by atoms with Gasteiger partial charge in [0.15, 0.2) is 34.7 Å². The molecule has 0 unspecified atom stereocenters. The maximum absolute atomic E-state index is 14.6. The molecule has 2 fully saturated rings. The summed E-state index contributed by atoms with van der Waals surface area (Å²) in [5, 5.41) is 32.2. The molecular formula is C40H54N4O6S2. The number of nitrogens with one attached hydrogen (secondary N) is 3. The van der Waals surface area contributed by atoms with Crippen LogP contribution < -0.4 is 25.4 Å². The van der Waals surface area contributed by atoms with Gasteiger partial charge in [-0.2, -0.15) is 0 Å². The molecule has 4 aliphatic rings. The van der Waals surface area contributed by atoms with Gasteiger partial charge in [0.05, 0.1) is 18.7 Å². The molecule has 2 aromatic carbocycles. The lowest BCUT2D eigenvalue weighted by atomic mass is 9.62. The van der Waals surface area contributed by atoms with Gasteiger partial charge in [-0.25, -0.2) is 0 Å². The third-order valence-corrected chi connectivity index (χ3v) is 14.0. The number of ketones is 1. The van der Waals surface area contributed by atoms with Crippen molar-refractivity contribution >= 4 is 39.0 Å². The minimum Gasteiger partial charge on any atom is -0.504 e. The maximum atomic E-state index is 14.6. The third kappa shape index (κ3) is 8.25. The summed E-state index contributed by atoms with van der Waals surface area (Å²) in [6.45, 7) is 1.39. The Labute approximate surface area is 316 Å². The van der Waals surface area contributed by atoms with E-state index in [1.165, 1.54) is 0 Å². The summed E-state index contributed by atoms with van der Waals surface area (Å²) in [4.78, 5) is 19.1. The van der Waals surface area contributed by atoms with Crippen LogP contribution in [-0.4, -0.2) is 80.2 Å². The smallest absolute Gasteiger partial charge is 0.196 e. The number of phenols is 2. The van der Waals surface area contributed by atoms with Crippen LogP contribution in [0.25, 0.3) is 0 Å². The zero-order valence-electron chi connectivity index (χ0n) is 30.8. The Kier molecular flexibility index (Phi) is 12.7. The average molecular weight is 751 g/mol. The van der Waals surface area contributed by atoms with E-state index in [2.05, 4.69) is 33.1 Å². The largest absolute Gasteiger partial charge is 0.504 e. The van der Waals surface area contributed by atoms with Gasteiger partial charge in [0.25, 0.3) is 0 Å². The zero-order chi connectivity index (χ0) is 36.7. The van der Waals surface area contributed by atoms with E-state index in [0.717, 1.165) is 56.3 Å². The van der Waals surface area contributed by atoms with Gasteiger partial charge in [-0.15, -0.1) is 0 Å². The lowest BCUT2D eigenvalue weighted by Gasteiger charge is -2.43. The van der Waals surface area contributed by atoms with Crippen molar-refractivity contribution in [3.63, 3.8) is 0 Å². The van der Waals surface area contributed by atoms with E-state index in [1.807, 2.05) is 43.5 Å². The van der Waals surface area contributed by atoms with Crippen LogP contribution in [0.2, 0.25) is 0 Å². The first-order valence-electron chi connectivity index (χ1n) is 18.4. The van der Waals surface area contributed by atoms with Crippen molar-refractivity contribution in [3.05, 3.63) is 65.8 Å². The number of ether oxygens (including phenoxy) is 3. The Morgan fingerprint density at radius 3 is 2.75 bits per heavy atom. The predicted octanol–water partition coefficient (Wildman–Crippen LogP) is 6.87. The van der Waals surface area contributed by atoms with Gasteiger partial charge < -0.3 is 40.4 Å². The van der Waals surface area contributed by atoms with Crippen molar-refractivity contribution in [2.24, 2.45) is 28.2 Å². The number of methoxy groups -OCH3 is 2. The van der Waals surface area contributed by atoms with Gasteiger partial charge in [0, 0.05) is 38.0 Å². The van der Waals surface area contributed by atoms with E-state index in [0.29, 0.717) is 60.7 Å². The average Bonchev–Trinajstić information content (AvgIpc) is 3.63. The van der Waals surface area contributed by atoms with E-state index in [1.54, 1.807) is 48.9 Å². The highest BCUT2D eigenvalue weighted by atomic mass is 33.1. The molecule has 0 amide bonds. The third-order valence-electron chi connectivity index (χ3n) is 11.4. The number of guanidine groups is 1. The van der Waals surface area contributed by atoms with Crippen LogP contribution in [0.1, 0.15) is 56.1 Å². The summed E-state index contributed by atoms with van der Waals surface area (Å²) in [5.41, 5.74) is 1.45. The van der Waals surface area contributed by atoms with E-state index >= 15 is 0 Å². The number of fused-ring (bicyclic) bond motifs is 2. The van der Waals surface area contributed by atoms with E-state index in [4.69, 9.17) is 14.2 Å². The summed E-state index contributed by atoms with van der Waals surface area (Å²) < 4.78 is 17.6. The Balaban J connectivity index is 1.31. The van der Waals surface area contributed by atoms with Crippen molar-refractivity contribution in [1.82, 2.24) is 10.6 Å². The number of nitrogens with zero attached hydrogens (tertiary/aromatic N) is 1. The highest BCUT2D eigenvalue weighted by Gasteiger charge is 2.57. The second-order valence-electron chi connectivity index (χ2n) is 14.6. The molecule has 1 heterocycles. The number of anilines is 1. The molecule has 12 heteroatoms. The molecule has 0 saturated heterocycles. The quantitative estimate of drug-likeness (QED) is 0.0990. The summed E-state index contributed by atoms with van der Waals surface area (Å²) in [5.74, 6) is 3.06. The van der Waals surface area contributed by atoms with Crippen LogP contribution in [0, 0.1) is 23.2 Å². The minimum absolute atomic E-state index is 0.0518. The van der Waals surface area contributed by atoms with Crippen molar-refractivity contribution in [1.29, 1.82) is 0 Å². The Morgan fingerprint density at radius 1 is 1.10 bits per heavy atom. The number of hydrogen-bond acceptors (Lipinski definition) is 10. The number of rotatable bonds is 10. The number of phenolic OH excluding ortho intramolecular Hbond substituents is 2. The molecule has 3 aliphatic carbocycles. The first-order chi connectivity index (χ1) is 25.2. The molecule has 5 N–H and O–H groups in total. The van der Waals surface area contributed by atoms with Crippen molar-refractivity contribution in [3.8, 4) is 23.0 Å². The standard InChI is InChI=1S/C40H54N4O6S2/c1-41-24-39(17-15-26(22-39)16-18-48-3)50-34-20-27-7-5-6-8-36(46)40(23-28-9-13-32(45)33(21-28)49-4)29-10-12-30(40)35(14-11-29)52-51-25-43-38(42-2)44-31(19-27)37(34)47/h6,8-9,11,13-14,19-21,26,29-30,35,41,45,47H,5,7,10,12,15-18,22-25H2,1-4H3,(H2,42,43,44)/b8-6+/t26-,29+,30-,35-,39-,40-/m1/s1. The normalized spacial score (nSPS) is 30.4. The summed E-state index contributed by atoms with van der Waals surface area (Å²) in [6.07, 6.45) is 16.0. The fourth-order valence-corrected chi connectivity index (χ4v) is 11.4. The molecule has 0 aromatic heterocycles. The number of aromatic hydroxyl groups is 2. The van der Waals surface area contributed by atoms with Crippen molar-refractivity contribution in [2.45, 2.75) is 68.6 Å². The maximum Gasteiger partial charge on any atom is 0.196 e. The molecule has 6 bridgehead atoms. The van der Waals surface area contributed by atoms with Crippen LogP contribution in [0.15, 0.2) is 59.6 Å². The summed E-state index contributed by atoms with van der Waals surface area (Å²) >= 11 is 0. The Morgan fingerprint density at radius 2 is 1.96 bits per heavy atom. The SMILES string of the molecule is CN=C1NCSS[C@@H]2C=C[C@@H]3CC[C@H]2[C@]3(Cc2ccc(O)c(OC)c2)C(=O)/C=C/CCc2cc(c(O)c(O[C@]3(CNC)CC[C@H](CCOC)C3)c2)N1. The predicted molar refractivity (Wildman–Crippen MR) is 212 cm³/mol. The van der Waals surface area contributed by atoms with Gasteiger partial charge in [0.2, 0.25) is 0 Å². The van der Waals surface area contributed by atoms with Crippen molar-refractivity contribution < 1.29 is 29.2 Å². The number of aliphatic imine (C=N–C) groups is 1. The number of carbonyl (C=O) groups excluding carboxylic acids is 1. The second kappa shape index (κ2) is 17.2. The van der Waals surface area contributed by atoms with E-state index < -0.39 is 11.0 Å². The monoisotopic (exact) mass is 750 g/mol. The Hall–Kier alpha value is -3.32. The number of hydrogen-bond donors (Lipinski definition) is 5. The number of carbonyl (C=O) groups is 1. The first kappa shape index (κ1) is 38.4.